The van der Waals surface area contributed by atoms with E-state index in [1.54, 1.807) is 50.5 Å². The van der Waals surface area contributed by atoms with E-state index >= 15 is 0 Å². The molecule has 3 aromatic rings. The molecular formula is C20H17N3O5S2. The molecule has 8 nitrogen and oxygen atoms in total. The number of thioether (sulfide) groups is 1. The fourth-order valence-corrected chi connectivity index (χ4v) is 5.12. The largest absolute Gasteiger partial charge is 0.456 e. The molecule has 1 aromatic carbocycles. The van der Waals surface area contributed by atoms with Crippen molar-refractivity contribution in [1.29, 1.82) is 0 Å². The molecule has 2 aromatic heterocycles. The number of aromatic nitrogens is 1. The molecule has 0 radical (unpaired) electrons. The highest BCUT2D eigenvalue weighted by Gasteiger charge is 2.25. The number of nitrogens with one attached hydrogen (secondary N) is 2. The van der Waals surface area contributed by atoms with Crippen LogP contribution in [0.3, 0.4) is 0 Å². The van der Waals surface area contributed by atoms with Crippen LogP contribution in [0.5, 0.6) is 0 Å². The number of rotatable bonds is 5. The summed E-state index contributed by atoms with van der Waals surface area (Å²) in [6.07, 6.45) is 4.77. The topological polar surface area (TPSA) is 118 Å². The number of hydrogen-bond acceptors (Lipinski definition) is 7. The number of carbonyl (C=O) groups is 2. The van der Waals surface area contributed by atoms with Gasteiger partial charge >= 0.3 is 0 Å². The molecule has 0 unspecified atom stereocenters. The maximum Gasteiger partial charge on any atom is 0.290 e. The molecule has 0 atom stereocenters. The zero-order valence-corrected chi connectivity index (χ0v) is 17.7. The number of furan rings is 1. The van der Waals surface area contributed by atoms with E-state index in [-0.39, 0.29) is 9.80 Å². The summed E-state index contributed by atoms with van der Waals surface area (Å²) < 4.78 is 33.1. The van der Waals surface area contributed by atoms with E-state index in [2.05, 4.69) is 15.0 Å². The van der Waals surface area contributed by atoms with Gasteiger partial charge in [0, 0.05) is 36.0 Å². The van der Waals surface area contributed by atoms with Crippen molar-refractivity contribution in [3.8, 4) is 11.1 Å². The molecule has 0 spiro atoms. The maximum absolute atomic E-state index is 12.3. The van der Waals surface area contributed by atoms with Crippen molar-refractivity contribution in [1.82, 2.24) is 15.0 Å². The predicted molar refractivity (Wildman–Crippen MR) is 114 cm³/mol. The smallest absolute Gasteiger partial charge is 0.290 e. The SMILES string of the molecule is CCNS(=O)(=O)c1ccc(-c2cncc3cc(C=C4SC(=O)NC4=O)oc23)cc1C. The first-order chi connectivity index (χ1) is 14.3. The highest BCUT2D eigenvalue weighted by molar-refractivity contribution is 8.18. The summed E-state index contributed by atoms with van der Waals surface area (Å²) in [7, 11) is -3.57. The first kappa shape index (κ1) is 20.3. The van der Waals surface area contributed by atoms with Crippen molar-refractivity contribution in [2.75, 3.05) is 6.54 Å². The Bertz CT molecular complexity index is 1330. The van der Waals surface area contributed by atoms with Crippen LogP contribution >= 0.6 is 11.8 Å². The Morgan fingerprint density at radius 1 is 1.23 bits per heavy atom. The fourth-order valence-electron chi connectivity index (χ4n) is 3.20. The fraction of sp³-hybridized carbons (Fsp3) is 0.150. The predicted octanol–water partition coefficient (Wildman–Crippen LogP) is 3.43. The second-order valence-electron chi connectivity index (χ2n) is 6.59. The van der Waals surface area contributed by atoms with Gasteiger partial charge in [0.15, 0.2) is 0 Å². The average Bonchev–Trinajstić information content (AvgIpc) is 3.23. The summed E-state index contributed by atoms with van der Waals surface area (Å²) in [5.74, 6) is -0.0495. The molecular weight excluding hydrogens is 426 g/mol. The van der Waals surface area contributed by atoms with Gasteiger partial charge in [-0.2, -0.15) is 0 Å². The van der Waals surface area contributed by atoms with Crippen molar-refractivity contribution >= 4 is 50.0 Å². The van der Waals surface area contributed by atoms with Crippen LogP contribution in [-0.4, -0.2) is 31.1 Å². The van der Waals surface area contributed by atoms with Gasteiger partial charge in [-0.3, -0.25) is 19.9 Å². The Morgan fingerprint density at radius 2 is 2.03 bits per heavy atom. The first-order valence-corrected chi connectivity index (χ1v) is 11.3. The first-order valence-electron chi connectivity index (χ1n) is 9.01. The normalized spacial score (nSPS) is 15.9. The quantitative estimate of drug-likeness (QED) is 0.580. The van der Waals surface area contributed by atoms with Crippen molar-refractivity contribution in [2.24, 2.45) is 0 Å². The van der Waals surface area contributed by atoms with Crippen LogP contribution in [0.25, 0.3) is 28.2 Å². The third kappa shape index (κ3) is 3.76. The van der Waals surface area contributed by atoms with Crippen LogP contribution in [0.1, 0.15) is 18.2 Å². The van der Waals surface area contributed by atoms with Gasteiger partial charge in [-0.25, -0.2) is 13.1 Å². The Kier molecular flexibility index (Phi) is 5.22. The van der Waals surface area contributed by atoms with Crippen LogP contribution in [-0.2, 0) is 14.8 Å². The zero-order chi connectivity index (χ0) is 21.5. The molecule has 0 bridgehead atoms. The van der Waals surface area contributed by atoms with Crippen LogP contribution in [0.2, 0.25) is 0 Å². The lowest BCUT2D eigenvalue weighted by molar-refractivity contribution is -0.115. The standard InChI is InChI=1S/C20H17N3O5S2/c1-3-22-30(26,27)17-5-4-12(6-11(17)2)15-10-21-9-13-7-14(28-18(13)15)8-16-19(24)23-20(25)29-16/h4-10,22H,3H2,1-2H3,(H,23,24,25). The van der Waals surface area contributed by atoms with Gasteiger partial charge in [0.05, 0.1) is 9.80 Å². The Balaban J connectivity index is 1.76. The molecule has 10 heteroatoms. The van der Waals surface area contributed by atoms with Crippen molar-refractivity contribution in [2.45, 2.75) is 18.7 Å². The summed E-state index contributed by atoms with van der Waals surface area (Å²) >= 11 is 0.812. The second-order valence-corrected chi connectivity index (χ2v) is 9.34. The number of nitrogens with zero attached hydrogens (tertiary/aromatic N) is 1. The van der Waals surface area contributed by atoms with E-state index in [4.69, 9.17) is 4.42 Å². The number of carbonyl (C=O) groups excluding carboxylic acids is 2. The molecule has 1 aliphatic heterocycles. The van der Waals surface area contributed by atoms with Crippen molar-refractivity contribution in [3.63, 3.8) is 0 Å². The van der Waals surface area contributed by atoms with Gasteiger partial charge in [-0.15, -0.1) is 0 Å². The molecule has 3 heterocycles. The molecule has 0 aliphatic carbocycles. The third-order valence-electron chi connectivity index (χ3n) is 4.47. The Morgan fingerprint density at radius 3 is 2.70 bits per heavy atom. The summed E-state index contributed by atoms with van der Waals surface area (Å²) in [5.41, 5.74) is 2.58. The molecule has 2 N–H and O–H groups in total. The lowest BCUT2D eigenvalue weighted by atomic mass is 10.0. The maximum atomic E-state index is 12.3. The lowest BCUT2D eigenvalue weighted by Gasteiger charge is -2.10. The number of imide groups is 1. The van der Waals surface area contributed by atoms with Crippen molar-refractivity contribution < 1.29 is 22.4 Å². The van der Waals surface area contributed by atoms with E-state index in [0.29, 0.717) is 29.0 Å². The van der Waals surface area contributed by atoms with Gasteiger partial charge in [0.25, 0.3) is 11.1 Å². The molecule has 1 saturated heterocycles. The number of hydrogen-bond donors (Lipinski definition) is 2. The minimum atomic E-state index is -3.57. The van der Waals surface area contributed by atoms with Gasteiger partial charge in [-0.1, -0.05) is 13.0 Å². The van der Waals surface area contributed by atoms with Gasteiger partial charge in [0.1, 0.15) is 11.3 Å². The molecule has 1 aliphatic rings. The van der Waals surface area contributed by atoms with Crippen LogP contribution in [0.4, 0.5) is 4.79 Å². The van der Waals surface area contributed by atoms with Crippen molar-refractivity contribution in [3.05, 3.63) is 52.9 Å². The summed E-state index contributed by atoms with van der Waals surface area (Å²) in [6, 6.07) is 6.75. The van der Waals surface area contributed by atoms with E-state index in [1.807, 2.05) is 0 Å². The van der Waals surface area contributed by atoms with Gasteiger partial charge < -0.3 is 4.42 Å². The van der Waals surface area contributed by atoms with E-state index < -0.39 is 21.2 Å². The van der Waals surface area contributed by atoms with E-state index in [0.717, 1.165) is 22.7 Å². The third-order valence-corrected chi connectivity index (χ3v) is 6.98. The summed E-state index contributed by atoms with van der Waals surface area (Å²) in [4.78, 5) is 27.8. The van der Waals surface area contributed by atoms with Crippen LogP contribution < -0.4 is 10.0 Å². The number of sulfonamides is 1. The van der Waals surface area contributed by atoms with E-state index in [9.17, 15) is 18.0 Å². The van der Waals surface area contributed by atoms with Crippen LogP contribution in [0.15, 0.2) is 50.9 Å². The molecule has 2 amide bonds. The van der Waals surface area contributed by atoms with Gasteiger partial charge in [-0.05, 0) is 48.0 Å². The zero-order valence-electron chi connectivity index (χ0n) is 16.1. The Labute approximate surface area is 176 Å². The molecule has 1 fully saturated rings. The molecule has 154 valence electrons. The number of fused-ring (bicyclic) bond motifs is 1. The molecule has 4 rings (SSSR count). The van der Waals surface area contributed by atoms with Gasteiger partial charge in [0.2, 0.25) is 10.0 Å². The number of amides is 2. The second kappa shape index (κ2) is 7.71. The number of pyridine rings is 1. The Hall–Kier alpha value is -2.95. The minimum Gasteiger partial charge on any atom is -0.456 e. The summed E-state index contributed by atoms with van der Waals surface area (Å²) in [5, 5.41) is 2.49. The lowest BCUT2D eigenvalue weighted by Crippen LogP contribution is -2.23. The van der Waals surface area contributed by atoms with Crippen LogP contribution in [0, 0.1) is 6.92 Å². The average molecular weight is 444 g/mol. The number of benzene rings is 1. The van der Waals surface area contributed by atoms with E-state index in [1.165, 1.54) is 6.08 Å². The highest BCUT2D eigenvalue weighted by atomic mass is 32.2. The monoisotopic (exact) mass is 443 g/mol. The number of aryl methyl sites for hydroxylation is 1. The molecule has 30 heavy (non-hydrogen) atoms. The molecule has 0 saturated carbocycles. The summed E-state index contributed by atoms with van der Waals surface area (Å²) in [6.45, 7) is 3.76. The minimum absolute atomic E-state index is 0.215. The highest BCUT2D eigenvalue weighted by Crippen LogP contribution is 2.34.